The van der Waals surface area contributed by atoms with Crippen LogP contribution in [0.15, 0.2) is 22.8 Å². The Morgan fingerprint density at radius 2 is 2.14 bits per heavy atom. The molecule has 1 aliphatic rings. The lowest BCUT2D eigenvalue weighted by Crippen LogP contribution is -2.55. The molecule has 1 aromatic heterocycles. The smallest absolute Gasteiger partial charge is 0.324 e. The van der Waals surface area contributed by atoms with Crippen molar-refractivity contribution in [2.75, 3.05) is 6.54 Å². The van der Waals surface area contributed by atoms with Crippen LogP contribution >= 0.6 is 15.9 Å². The predicted molar refractivity (Wildman–Crippen MR) is 83.4 cm³/mol. The lowest BCUT2D eigenvalue weighted by atomic mass is 9.83. The summed E-state index contributed by atoms with van der Waals surface area (Å²) in [6.45, 7) is 6.88. The van der Waals surface area contributed by atoms with Crippen molar-refractivity contribution < 1.29 is 9.59 Å². The maximum atomic E-state index is 12.6. The molecule has 1 N–H and O–H groups in total. The van der Waals surface area contributed by atoms with Gasteiger partial charge >= 0.3 is 6.03 Å². The van der Waals surface area contributed by atoms with Gasteiger partial charge in [0, 0.05) is 17.2 Å². The molecule has 1 saturated heterocycles. The second-order valence-corrected chi connectivity index (χ2v) is 7.36. The zero-order valence-corrected chi connectivity index (χ0v) is 14.1. The van der Waals surface area contributed by atoms with Gasteiger partial charge in [0.2, 0.25) is 5.91 Å². The average Bonchev–Trinajstić information content (AvgIpc) is 2.39. The van der Waals surface area contributed by atoms with Crippen LogP contribution in [0.25, 0.3) is 0 Å². The zero-order chi connectivity index (χ0) is 15.6. The van der Waals surface area contributed by atoms with Gasteiger partial charge in [-0.3, -0.25) is 14.7 Å². The van der Waals surface area contributed by atoms with Crippen LogP contribution in [0.5, 0.6) is 0 Å². The number of pyridine rings is 1. The normalized spacial score (nSPS) is 19.6. The third-order valence-electron chi connectivity index (χ3n) is 3.36. The number of urea groups is 1. The standard InChI is InChI=1S/C15H20BrN3O2/c1-15(2,3)7-10-8-18-14(21)19(13(10)20)9-12-11(16)5-4-6-17-12/h4-6,10H,7-9H2,1-3H3,(H,18,21). The number of nitrogens with zero attached hydrogens (tertiary/aromatic N) is 2. The first kappa shape index (κ1) is 15.9. The summed E-state index contributed by atoms with van der Waals surface area (Å²) in [5, 5.41) is 2.80. The molecule has 114 valence electrons. The lowest BCUT2D eigenvalue weighted by Gasteiger charge is -2.34. The van der Waals surface area contributed by atoms with Crippen molar-refractivity contribution >= 4 is 27.9 Å². The summed E-state index contributed by atoms with van der Waals surface area (Å²) in [5.41, 5.74) is 0.719. The Morgan fingerprint density at radius 1 is 1.43 bits per heavy atom. The van der Waals surface area contributed by atoms with Crippen LogP contribution in [0.3, 0.4) is 0 Å². The van der Waals surface area contributed by atoms with Crippen molar-refractivity contribution in [2.24, 2.45) is 11.3 Å². The third kappa shape index (κ3) is 4.03. The maximum absolute atomic E-state index is 12.6. The number of amides is 3. The van der Waals surface area contributed by atoms with Crippen molar-refractivity contribution in [1.82, 2.24) is 15.2 Å². The highest BCUT2D eigenvalue weighted by Crippen LogP contribution is 2.27. The molecule has 1 unspecified atom stereocenters. The molecule has 0 bridgehead atoms. The minimum absolute atomic E-state index is 0.0413. The van der Waals surface area contributed by atoms with Gasteiger partial charge in [0.1, 0.15) is 0 Å². The van der Waals surface area contributed by atoms with Crippen molar-refractivity contribution in [2.45, 2.75) is 33.7 Å². The quantitative estimate of drug-likeness (QED) is 0.908. The molecule has 0 aliphatic carbocycles. The fourth-order valence-electron chi connectivity index (χ4n) is 2.45. The number of aromatic nitrogens is 1. The van der Waals surface area contributed by atoms with Gasteiger partial charge in [-0.2, -0.15) is 0 Å². The Hall–Kier alpha value is -1.43. The van der Waals surface area contributed by atoms with Gasteiger partial charge in [-0.05, 0) is 39.9 Å². The van der Waals surface area contributed by atoms with E-state index in [0.717, 1.165) is 10.9 Å². The number of carbonyl (C=O) groups is 2. The number of rotatable bonds is 3. The Kier molecular flexibility index (Phi) is 4.66. The van der Waals surface area contributed by atoms with Crippen LogP contribution in [0.1, 0.15) is 32.9 Å². The summed E-state index contributed by atoms with van der Waals surface area (Å²) in [6, 6.07) is 3.30. The fraction of sp³-hybridized carbons (Fsp3) is 0.533. The topological polar surface area (TPSA) is 62.3 Å². The van der Waals surface area contributed by atoms with Crippen LogP contribution in [-0.4, -0.2) is 28.4 Å². The van der Waals surface area contributed by atoms with Crippen LogP contribution in [0.4, 0.5) is 4.79 Å². The Labute approximate surface area is 133 Å². The molecule has 0 aromatic carbocycles. The summed E-state index contributed by atoms with van der Waals surface area (Å²) in [4.78, 5) is 30.0. The molecule has 0 spiro atoms. The van der Waals surface area contributed by atoms with Crippen molar-refractivity contribution in [1.29, 1.82) is 0 Å². The fourth-order valence-corrected chi connectivity index (χ4v) is 2.83. The molecule has 21 heavy (non-hydrogen) atoms. The highest BCUT2D eigenvalue weighted by Gasteiger charge is 2.36. The summed E-state index contributed by atoms with van der Waals surface area (Å²) >= 11 is 3.39. The minimum Gasteiger partial charge on any atom is -0.337 e. The minimum atomic E-state index is -0.345. The SMILES string of the molecule is CC(C)(C)CC1CNC(=O)N(Cc2ncccc2Br)C1=O. The number of imide groups is 1. The van der Waals surface area contributed by atoms with E-state index in [1.165, 1.54) is 4.90 Å². The van der Waals surface area contributed by atoms with Crippen LogP contribution in [0, 0.1) is 11.3 Å². The highest BCUT2D eigenvalue weighted by atomic mass is 79.9. The van der Waals surface area contributed by atoms with Gasteiger partial charge in [0.15, 0.2) is 0 Å². The van der Waals surface area contributed by atoms with E-state index in [9.17, 15) is 9.59 Å². The Bertz CT molecular complexity index is 554. The van der Waals surface area contributed by atoms with Gasteiger partial charge in [-0.25, -0.2) is 4.79 Å². The van der Waals surface area contributed by atoms with Gasteiger partial charge < -0.3 is 5.32 Å². The monoisotopic (exact) mass is 353 g/mol. The third-order valence-corrected chi connectivity index (χ3v) is 4.08. The first-order valence-electron chi connectivity index (χ1n) is 6.96. The van der Waals surface area contributed by atoms with E-state index in [1.54, 1.807) is 12.3 Å². The van der Waals surface area contributed by atoms with Crippen molar-refractivity contribution in [3.05, 3.63) is 28.5 Å². The number of hydrogen-bond acceptors (Lipinski definition) is 3. The first-order valence-corrected chi connectivity index (χ1v) is 7.76. The summed E-state index contributed by atoms with van der Waals surface area (Å²) in [7, 11) is 0. The van der Waals surface area contributed by atoms with Crippen LogP contribution in [0.2, 0.25) is 0 Å². The second-order valence-electron chi connectivity index (χ2n) is 6.50. The molecular formula is C15H20BrN3O2. The Morgan fingerprint density at radius 3 is 2.76 bits per heavy atom. The number of carbonyl (C=O) groups excluding carboxylic acids is 2. The molecule has 2 rings (SSSR count). The molecule has 2 heterocycles. The van der Waals surface area contributed by atoms with Gasteiger partial charge in [0.25, 0.3) is 0 Å². The van der Waals surface area contributed by atoms with E-state index in [0.29, 0.717) is 12.2 Å². The van der Waals surface area contributed by atoms with Gasteiger partial charge in [-0.15, -0.1) is 0 Å². The lowest BCUT2D eigenvalue weighted by molar-refractivity contribution is -0.135. The van der Waals surface area contributed by atoms with Gasteiger partial charge in [0.05, 0.1) is 18.2 Å². The molecule has 6 heteroatoms. The van der Waals surface area contributed by atoms with Gasteiger partial charge in [-0.1, -0.05) is 20.8 Å². The molecule has 1 aromatic rings. The number of nitrogens with one attached hydrogen (secondary N) is 1. The molecular weight excluding hydrogens is 334 g/mol. The number of hydrogen-bond donors (Lipinski definition) is 1. The molecule has 1 fully saturated rings. The summed E-state index contributed by atoms with van der Waals surface area (Å²) in [5.74, 6) is -0.295. The van der Waals surface area contributed by atoms with E-state index in [4.69, 9.17) is 0 Å². The first-order chi connectivity index (χ1) is 9.78. The van der Waals surface area contributed by atoms with Crippen molar-refractivity contribution in [3.63, 3.8) is 0 Å². The van der Waals surface area contributed by atoms with Crippen LogP contribution < -0.4 is 5.32 Å². The average molecular weight is 354 g/mol. The molecule has 1 aliphatic heterocycles. The second kappa shape index (κ2) is 6.13. The van der Waals surface area contributed by atoms with E-state index in [1.807, 2.05) is 6.07 Å². The van der Waals surface area contributed by atoms with E-state index in [2.05, 4.69) is 47.0 Å². The largest absolute Gasteiger partial charge is 0.337 e. The number of halogens is 1. The van der Waals surface area contributed by atoms with Crippen LogP contribution in [-0.2, 0) is 11.3 Å². The molecule has 3 amide bonds. The van der Waals surface area contributed by atoms with E-state index >= 15 is 0 Å². The molecule has 5 nitrogen and oxygen atoms in total. The zero-order valence-electron chi connectivity index (χ0n) is 12.5. The predicted octanol–water partition coefficient (Wildman–Crippen LogP) is 2.95. The maximum Gasteiger partial charge on any atom is 0.324 e. The van der Waals surface area contributed by atoms with E-state index in [-0.39, 0.29) is 29.8 Å². The molecule has 0 saturated carbocycles. The summed E-state index contributed by atoms with van der Waals surface area (Å²) in [6.07, 6.45) is 2.39. The van der Waals surface area contributed by atoms with E-state index < -0.39 is 0 Å². The summed E-state index contributed by atoms with van der Waals surface area (Å²) < 4.78 is 0.795. The molecule has 1 atom stereocenters. The molecule has 0 radical (unpaired) electrons. The van der Waals surface area contributed by atoms with Crippen molar-refractivity contribution in [3.8, 4) is 0 Å². The Balaban J connectivity index is 2.15. The highest BCUT2D eigenvalue weighted by molar-refractivity contribution is 9.10.